The number of halogens is 3. The molecule has 2 aliphatic heterocycles. The van der Waals surface area contributed by atoms with E-state index in [0.717, 1.165) is 4.90 Å². The molecule has 29 heavy (non-hydrogen) atoms. The number of hydrogen-bond donors (Lipinski definition) is 0. The average Bonchev–Trinajstić information content (AvgIpc) is 3.29. The van der Waals surface area contributed by atoms with E-state index in [0.29, 0.717) is 51.8 Å². The van der Waals surface area contributed by atoms with Gasteiger partial charge < -0.3 is 19.3 Å². The first kappa shape index (κ1) is 22.2. The molecule has 1 spiro atoms. The van der Waals surface area contributed by atoms with Crippen LogP contribution in [0.2, 0.25) is 0 Å². The number of amides is 2. The molecule has 0 radical (unpaired) electrons. The van der Waals surface area contributed by atoms with E-state index in [4.69, 9.17) is 9.47 Å². The van der Waals surface area contributed by atoms with Crippen molar-refractivity contribution in [3.05, 3.63) is 0 Å². The maximum atomic E-state index is 13.2. The average molecular weight is 420 g/mol. The number of rotatable bonds is 2. The summed E-state index contributed by atoms with van der Waals surface area (Å²) in [7, 11) is 0. The first-order valence-electron chi connectivity index (χ1n) is 10.3. The van der Waals surface area contributed by atoms with E-state index in [1.807, 2.05) is 6.92 Å². The summed E-state index contributed by atoms with van der Waals surface area (Å²) in [5, 5.41) is 0. The molecule has 3 atom stereocenters. The number of carbonyl (C=O) groups is 2. The number of nitrogens with zero attached hydrogens (tertiary/aromatic N) is 2. The molecule has 2 amide bonds. The second-order valence-electron chi connectivity index (χ2n) is 9.64. The van der Waals surface area contributed by atoms with Crippen molar-refractivity contribution in [1.82, 2.24) is 9.80 Å². The highest BCUT2D eigenvalue weighted by Crippen LogP contribution is 2.44. The molecule has 3 fully saturated rings. The fourth-order valence-electron chi connectivity index (χ4n) is 4.43. The predicted molar refractivity (Wildman–Crippen MR) is 99.2 cm³/mol. The standard InChI is InChI=1S/C20H31F3N2O4/c1-13-11-15(13)25(16(26)20(21,22)23)14-5-10-28-19(12-14)6-8-24(9-7-19)17(27)29-18(2,3)4/h13-15H,5-12H2,1-4H3/t13-,14?,15-/m1/s1. The van der Waals surface area contributed by atoms with E-state index in [-0.39, 0.29) is 18.1 Å². The van der Waals surface area contributed by atoms with Crippen molar-refractivity contribution in [1.29, 1.82) is 0 Å². The van der Waals surface area contributed by atoms with Crippen molar-refractivity contribution in [2.24, 2.45) is 5.92 Å². The van der Waals surface area contributed by atoms with Crippen LogP contribution in [0.25, 0.3) is 0 Å². The zero-order valence-corrected chi connectivity index (χ0v) is 17.6. The lowest BCUT2D eigenvalue weighted by molar-refractivity contribution is -0.195. The molecule has 6 nitrogen and oxygen atoms in total. The Kier molecular flexibility index (Phi) is 5.84. The Morgan fingerprint density at radius 2 is 1.76 bits per heavy atom. The smallest absolute Gasteiger partial charge is 0.444 e. The lowest BCUT2D eigenvalue weighted by Gasteiger charge is -2.48. The highest BCUT2D eigenvalue weighted by Gasteiger charge is 2.54. The molecule has 1 unspecified atom stereocenters. The van der Waals surface area contributed by atoms with Crippen molar-refractivity contribution in [2.45, 2.75) is 89.3 Å². The van der Waals surface area contributed by atoms with E-state index in [1.54, 1.807) is 25.7 Å². The van der Waals surface area contributed by atoms with Crippen molar-refractivity contribution >= 4 is 12.0 Å². The first-order chi connectivity index (χ1) is 13.3. The minimum atomic E-state index is -4.87. The quantitative estimate of drug-likeness (QED) is 0.683. The molecular formula is C20H31F3N2O4. The molecule has 1 saturated carbocycles. The summed E-state index contributed by atoms with van der Waals surface area (Å²) in [6.07, 6.45) is -2.82. The minimum Gasteiger partial charge on any atom is -0.444 e. The van der Waals surface area contributed by atoms with E-state index < -0.39 is 29.3 Å². The van der Waals surface area contributed by atoms with Gasteiger partial charge in [0.15, 0.2) is 0 Å². The molecule has 0 N–H and O–H groups in total. The molecule has 2 saturated heterocycles. The van der Waals surface area contributed by atoms with Gasteiger partial charge >= 0.3 is 18.2 Å². The van der Waals surface area contributed by atoms with Crippen LogP contribution in [0, 0.1) is 5.92 Å². The van der Waals surface area contributed by atoms with Crippen LogP contribution in [0.3, 0.4) is 0 Å². The number of likely N-dealkylation sites (tertiary alicyclic amines) is 1. The fraction of sp³-hybridized carbons (Fsp3) is 0.900. The third-order valence-electron chi connectivity index (χ3n) is 6.09. The van der Waals surface area contributed by atoms with Gasteiger partial charge in [-0.25, -0.2) is 4.79 Å². The Morgan fingerprint density at radius 3 is 2.24 bits per heavy atom. The summed E-state index contributed by atoms with van der Waals surface area (Å²) in [5.41, 5.74) is -1.18. The summed E-state index contributed by atoms with van der Waals surface area (Å²) in [6, 6.07) is -0.827. The van der Waals surface area contributed by atoms with E-state index in [9.17, 15) is 22.8 Å². The highest BCUT2D eigenvalue weighted by molar-refractivity contribution is 5.83. The largest absolute Gasteiger partial charge is 0.471 e. The summed E-state index contributed by atoms with van der Waals surface area (Å²) in [4.78, 5) is 27.1. The van der Waals surface area contributed by atoms with Gasteiger partial charge in [0.2, 0.25) is 0 Å². The van der Waals surface area contributed by atoms with Gasteiger partial charge in [-0.15, -0.1) is 0 Å². The second kappa shape index (κ2) is 7.63. The molecule has 3 rings (SSSR count). The zero-order chi connectivity index (χ0) is 21.6. The molecule has 2 heterocycles. The SMILES string of the molecule is C[C@@H]1C[C@H]1N(C(=O)C(F)(F)F)C1CCOC2(CCN(C(=O)OC(C)(C)C)CC2)C1. The van der Waals surface area contributed by atoms with Gasteiger partial charge in [0.1, 0.15) is 5.60 Å². The van der Waals surface area contributed by atoms with E-state index >= 15 is 0 Å². The third kappa shape index (κ3) is 5.16. The van der Waals surface area contributed by atoms with Crippen LogP contribution in [0.15, 0.2) is 0 Å². The molecule has 0 aromatic heterocycles. The van der Waals surface area contributed by atoms with Crippen LogP contribution in [0.1, 0.15) is 59.8 Å². The molecular weight excluding hydrogens is 389 g/mol. The van der Waals surface area contributed by atoms with Crippen LogP contribution in [-0.2, 0) is 14.3 Å². The maximum absolute atomic E-state index is 13.2. The molecule has 0 aromatic rings. The minimum absolute atomic E-state index is 0.0918. The second-order valence-corrected chi connectivity index (χ2v) is 9.64. The van der Waals surface area contributed by atoms with Crippen LogP contribution >= 0.6 is 0 Å². The Balaban J connectivity index is 1.66. The number of alkyl halides is 3. The number of ether oxygens (including phenoxy) is 2. The van der Waals surface area contributed by atoms with Gasteiger partial charge in [0, 0.05) is 31.8 Å². The topological polar surface area (TPSA) is 59.1 Å². The number of piperidine rings is 1. The summed E-state index contributed by atoms with van der Waals surface area (Å²) >= 11 is 0. The number of hydrogen-bond acceptors (Lipinski definition) is 4. The van der Waals surface area contributed by atoms with E-state index in [2.05, 4.69) is 0 Å². The zero-order valence-electron chi connectivity index (χ0n) is 17.6. The molecule has 9 heteroatoms. The van der Waals surface area contributed by atoms with Crippen molar-refractivity contribution < 1.29 is 32.2 Å². The number of carbonyl (C=O) groups excluding carboxylic acids is 2. The summed E-state index contributed by atoms with van der Waals surface area (Å²) in [6.45, 7) is 8.45. The highest BCUT2D eigenvalue weighted by atomic mass is 19.4. The van der Waals surface area contributed by atoms with Crippen molar-refractivity contribution in [3.63, 3.8) is 0 Å². The van der Waals surface area contributed by atoms with Gasteiger partial charge in [-0.1, -0.05) is 6.92 Å². The lowest BCUT2D eigenvalue weighted by Crippen LogP contribution is -2.57. The van der Waals surface area contributed by atoms with Gasteiger partial charge in [0.25, 0.3) is 0 Å². The maximum Gasteiger partial charge on any atom is 0.471 e. The Labute approximate surface area is 169 Å². The van der Waals surface area contributed by atoms with Gasteiger partial charge in [-0.05, 0) is 58.8 Å². The molecule has 3 aliphatic rings. The summed E-state index contributed by atoms with van der Waals surface area (Å²) in [5.74, 6) is -1.64. The third-order valence-corrected chi connectivity index (χ3v) is 6.09. The Bertz CT molecular complexity index is 639. The molecule has 166 valence electrons. The molecule has 0 aromatic carbocycles. The van der Waals surface area contributed by atoms with Crippen molar-refractivity contribution in [2.75, 3.05) is 19.7 Å². The predicted octanol–water partition coefficient (Wildman–Crippen LogP) is 3.73. The van der Waals surface area contributed by atoms with E-state index in [1.165, 1.54) is 0 Å². The molecule has 0 bridgehead atoms. The van der Waals surface area contributed by atoms with Crippen LogP contribution in [0.4, 0.5) is 18.0 Å². The monoisotopic (exact) mass is 420 g/mol. The van der Waals surface area contributed by atoms with Crippen molar-refractivity contribution in [3.8, 4) is 0 Å². The van der Waals surface area contributed by atoms with Gasteiger partial charge in [0.05, 0.1) is 5.60 Å². The van der Waals surface area contributed by atoms with Gasteiger partial charge in [-0.3, -0.25) is 4.79 Å². The van der Waals surface area contributed by atoms with Crippen LogP contribution in [0.5, 0.6) is 0 Å². The fourth-order valence-corrected chi connectivity index (χ4v) is 4.43. The van der Waals surface area contributed by atoms with Crippen LogP contribution < -0.4 is 0 Å². The first-order valence-corrected chi connectivity index (χ1v) is 10.3. The van der Waals surface area contributed by atoms with Crippen LogP contribution in [-0.4, -0.2) is 71.0 Å². The Hall–Kier alpha value is -1.51. The van der Waals surface area contributed by atoms with Gasteiger partial charge in [-0.2, -0.15) is 13.2 Å². The summed E-state index contributed by atoms with van der Waals surface area (Å²) < 4.78 is 51.0. The normalized spacial score (nSPS) is 29.5. The molecule has 1 aliphatic carbocycles. The lowest BCUT2D eigenvalue weighted by atomic mass is 9.81. The Morgan fingerprint density at radius 1 is 1.17 bits per heavy atom.